The summed E-state index contributed by atoms with van der Waals surface area (Å²) in [6.45, 7) is 4.48. The summed E-state index contributed by atoms with van der Waals surface area (Å²) in [6.07, 6.45) is 1.84. The van der Waals surface area contributed by atoms with Gasteiger partial charge < -0.3 is 0 Å². The Bertz CT molecular complexity index is 450. The van der Waals surface area contributed by atoms with Gasteiger partial charge >= 0.3 is 0 Å². The lowest BCUT2D eigenvalue weighted by molar-refractivity contribution is 0.197. The van der Waals surface area contributed by atoms with Gasteiger partial charge in [0.05, 0.1) is 11.5 Å². The van der Waals surface area contributed by atoms with Crippen molar-refractivity contribution in [3.05, 3.63) is 0 Å². The maximum atomic E-state index is 11.8. The molecule has 1 heterocycles. The van der Waals surface area contributed by atoms with E-state index < -0.39 is 19.9 Å². The predicted octanol–water partition coefficient (Wildman–Crippen LogP) is -0.612. The van der Waals surface area contributed by atoms with E-state index in [1.807, 2.05) is 11.8 Å². The predicted molar refractivity (Wildman–Crippen MR) is 71.8 cm³/mol. The molecule has 0 aromatic rings. The number of nitrogens with zero attached hydrogens (tertiary/aromatic N) is 2. The largest absolute Gasteiger partial charge is 0.300 e. The van der Waals surface area contributed by atoms with Crippen molar-refractivity contribution in [1.82, 2.24) is 9.21 Å². The Kier molecular flexibility index (Phi) is 5.57. The third-order valence-corrected chi connectivity index (χ3v) is 5.97. The van der Waals surface area contributed by atoms with Crippen LogP contribution in [0.5, 0.6) is 0 Å². The van der Waals surface area contributed by atoms with E-state index in [0.29, 0.717) is 39.1 Å². The summed E-state index contributed by atoms with van der Waals surface area (Å²) in [7, 11) is -6.06. The molecule has 0 amide bonds. The first-order valence-electron chi connectivity index (χ1n) is 6.12. The highest BCUT2D eigenvalue weighted by Gasteiger charge is 2.26. The van der Waals surface area contributed by atoms with Crippen LogP contribution in [0.1, 0.15) is 13.3 Å². The molecule has 0 N–H and O–H groups in total. The Morgan fingerprint density at radius 3 is 1.94 bits per heavy atom. The van der Waals surface area contributed by atoms with Crippen molar-refractivity contribution in [1.29, 1.82) is 0 Å². The standard InChI is InChI=1S/C10H22N2O4S2/c1-3-9-18(15,16)12-6-4-11(5-7-12)8-10-17(2,13)14/h3-10H2,1-2H3. The Hall–Kier alpha value is -0.180. The van der Waals surface area contributed by atoms with Gasteiger partial charge in [-0.15, -0.1) is 0 Å². The summed E-state index contributed by atoms with van der Waals surface area (Å²) >= 11 is 0. The van der Waals surface area contributed by atoms with Crippen molar-refractivity contribution in [3.63, 3.8) is 0 Å². The van der Waals surface area contributed by atoms with Gasteiger partial charge in [-0.2, -0.15) is 4.31 Å². The van der Waals surface area contributed by atoms with Gasteiger partial charge in [-0.05, 0) is 6.42 Å². The van der Waals surface area contributed by atoms with Crippen LogP contribution in [0.15, 0.2) is 0 Å². The summed E-state index contributed by atoms with van der Waals surface area (Å²) in [6, 6.07) is 0. The molecule has 0 bridgehead atoms. The minimum atomic E-state index is -3.11. The van der Waals surface area contributed by atoms with Crippen LogP contribution < -0.4 is 0 Å². The minimum absolute atomic E-state index is 0.134. The molecule has 108 valence electrons. The zero-order valence-electron chi connectivity index (χ0n) is 11.0. The van der Waals surface area contributed by atoms with Crippen molar-refractivity contribution in [2.24, 2.45) is 0 Å². The van der Waals surface area contributed by atoms with Crippen LogP contribution in [0.25, 0.3) is 0 Å². The fourth-order valence-electron chi connectivity index (χ4n) is 1.91. The maximum Gasteiger partial charge on any atom is 0.214 e. The Morgan fingerprint density at radius 2 is 1.50 bits per heavy atom. The molecule has 0 atom stereocenters. The van der Waals surface area contributed by atoms with Gasteiger partial charge in [-0.1, -0.05) is 6.92 Å². The van der Waals surface area contributed by atoms with E-state index in [1.165, 1.54) is 10.6 Å². The van der Waals surface area contributed by atoms with Gasteiger partial charge in [0.25, 0.3) is 0 Å². The number of sulfone groups is 1. The molecule has 18 heavy (non-hydrogen) atoms. The molecule has 0 aliphatic carbocycles. The van der Waals surface area contributed by atoms with Gasteiger partial charge in [0.2, 0.25) is 10.0 Å². The molecular weight excluding hydrogens is 276 g/mol. The van der Waals surface area contributed by atoms with Gasteiger partial charge in [0.1, 0.15) is 9.84 Å². The molecule has 0 saturated carbocycles. The minimum Gasteiger partial charge on any atom is -0.300 e. The maximum absolute atomic E-state index is 11.8. The lowest BCUT2D eigenvalue weighted by Crippen LogP contribution is -2.50. The summed E-state index contributed by atoms with van der Waals surface area (Å²) in [4.78, 5) is 2.00. The molecule has 0 spiro atoms. The Balaban J connectivity index is 2.42. The average molecular weight is 298 g/mol. The van der Waals surface area contributed by atoms with E-state index in [-0.39, 0.29) is 11.5 Å². The average Bonchev–Trinajstić information content (AvgIpc) is 2.26. The fraction of sp³-hybridized carbons (Fsp3) is 1.00. The first-order chi connectivity index (χ1) is 8.24. The van der Waals surface area contributed by atoms with E-state index in [9.17, 15) is 16.8 Å². The van der Waals surface area contributed by atoms with Crippen molar-refractivity contribution in [2.45, 2.75) is 13.3 Å². The second kappa shape index (κ2) is 6.31. The Morgan fingerprint density at radius 1 is 0.944 bits per heavy atom. The molecule has 1 aliphatic heterocycles. The molecule has 6 nitrogen and oxygen atoms in total. The SMILES string of the molecule is CCCS(=O)(=O)N1CCN(CCS(C)(=O)=O)CC1. The molecule has 8 heteroatoms. The van der Waals surface area contributed by atoms with E-state index in [2.05, 4.69) is 0 Å². The number of sulfonamides is 1. The van der Waals surface area contributed by atoms with Crippen LogP contribution in [0.2, 0.25) is 0 Å². The highest BCUT2D eigenvalue weighted by atomic mass is 32.2. The monoisotopic (exact) mass is 298 g/mol. The molecule has 0 unspecified atom stereocenters. The third-order valence-electron chi connectivity index (χ3n) is 2.97. The topological polar surface area (TPSA) is 74.8 Å². The van der Waals surface area contributed by atoms with Gasteiger partial charge in [0.15, 0.2) is 0 Å². The zero-order chi connectivity index (χ0) is 13.8. The first kappa shape index (κ1) is 15.9. The van der Waals surface area contributed by atoms with E-state index in [1.54, 1.807) is 0 Å². The van der Waals surface area contributed by atoms with Gasteiger partial charge in [-0.25, -0.2) is 16.8 Å². The third kappa shape index (κ3) is 5.21. The molecule has 1 saturated heterocycles. The zero-order valence-corrected chi connectivity index (χ0v) is 12.6. The molecule has 1 fully saturated rings. The quantitative estimate of drug-likeness (QED) is 0.654. The lowest BCUT2D eigenvalue weighted by atomic mass is 10.4. The van der Waals surface area contributed by atoms with Gasteiger partial charge in [0, 0.05) is 39.0 Å². The van der Waals surface area contributed by atoms with Crippen molar-refractivity contribution in [3.8, 4) is 0 Å². The number of rotatable bonds is 6. The second-order valence-electron chi connectivity index (χ2n) is 4.69. The summed E-state index contributed by atoms with van der Waals surface area (Å²) in [5.41, 5.74) is 0. The molecule has 0 radical (unpaired) electrons. The smallest absolute Gasteiger partial charge is 0.214 e. The second-order valence-corrected chi connectivity index (χ2v) is 9.03. The highest BCUT2D eigenvalue weighted by molar-refractivity contribution is 7.90. The summed E-state index contributed by atoms with van der Waals surface area (Å²) in [5.74, 6) is 0.324. The number of hydrogen-bond acceptors (Lipinski definition) is 5. The molecule has 1 rings (SSSR count). The molecule has 1 aliphatic rings. The number of hydrogen-bond donors (Lipinski definition) is 0. The molecule has 0 aromatic heterocycles. The Labute approximate surface area is 110 Å². The van der Waals surface area contributed by atoms with Crippen molar-refractivity contribution < 1.29 is 16.8 Å². The van der Waals surface area contributed by atoms with E-state index in [4.69, 9.17) is 0 Å². The first-order valence-corrected chi connectivity index (χ1v) is 9.79. The summed E-state index contributed by atoms with van der Waals surface area (Å²) < 4.78 is 47.2. The van der Waals surface area contributed by atoms with Crippen LogP contribution >= 0.6 is 0 Å². The molecular formula is C10H22N2O4S2. The highest BCUT2D eigenvalue weighted by Crippen LogP contribution is 2.09. The van der Waals surface area contributed by atoms with Crippen LogP contribution in [0.3, 0.4) is 0 Å². The van der Waals surface area contributed by atoms with Gasteiger partial charge in [-0.3, -0.25) is 4.90 Å². The van der Waals surface area contributed by atoms with Crippen LogP contribution in [-0.2, 0) is 19.9 Å². The van der Waals surface area contributed by atoms with Crippen LogP contribution in [0.4, 0.5) is 0 Å². The van der Waals surface area contributed by atoms with Crippen LogP contribution in [0, 0.1) is 0 Å². The number of piperazine rings is 1. The fourth-order valence-corrected chi connectivity index (χ4v) is 4.00. The lowest BCUT2D eigenvalue weighted by Gasteiger charge is -2.33. The van der Waals surface area contributed by atoms with Crippen molar-refractivity contribution in [2.75, 3.05) is 50.5 Å². The molecule has 0 aromatic carbocycles. The van der Waals surface area contributed by atoms with E-state index >= 15 is 0 Å². The normalized spacial score (nSPS) is 20.1. The van der Waals surface area contributed by atoms with Crippen molar-refractivity contribution >= 4 is 19.9 Å². The van der Waals surface area contributed by atoms with Crippen LogP contribution in [-0.4, -0.2) is 76.5 Å². The summed E-state index contributed by atoms with van der Waals surface area (Å²) in [5, 5.41) is 0. The van der Waals surface area contributed by atoms with E-state index in [0.717, 1.165) is 0 Å².